The smallest absolute Gasteiger partial charge is 0.213 e. The molecule has 3 aromatic carbocycles. The van der Waals surface area contributed by atoms with Crippen LogP contribution in [0.4, 0.5) is 0 Å². The van der Waals surface area contributed by atoms with Gasteiger partial charge in [0.15, 0.2) is 12.7 Å². The number of nitrogens with zero attached hydrogens (tertiary/aromatic N) is 19. The number of imidazole rings is 1. The normalized spacial score (nSPS) is 7.15. The predicted molar refractivity (Wildman–Crippen MR) is 625 cm³/mol. The molecule has 0 spiro atoms. The van der Waals surface area contributed by atoms with Gasteiger partial charge < -0.3 is 32.8 Å². The van der Waals surface area contributed by atoms with Gasteiger partial charge in [0.2, 0.25) is 6.39 Å². The second-order valence-corrected chi connectivity index (χ2v) is 22.1. The van der Waals surface area contributed by atoms with Crippen LogP contribution in [0.2, 0.25) is 0 Å². The van der Waals surface area contributed by atoms with Gasteiger partial charge in [-0.2, -0.15) is 31.0 Å². The molecule has 0 saturated carbocycles. The van der Waals surface area contributed by atoms with Gasteiger partial charge in [0.05, 0.1) is 58.7 Å². The number of aromatic amines is 4. The zero-order valence-electron chi connectivity index (χ0n) is 92.3. The number of benzene rings is 3. The molecule has 0 radical (unpaired) electrons. The summed E-state index contributed by atoms with van der Waals surface area (Å²) in [4.78, 5) is 49.5. The standard InChI is InChI=1S/C8H7N.C8H6S.C7H5NS.C5H5N.3C4H4N2.C4H5N.C4H4O.C4H4S.2C3H4N2.2C3H3NO.C3H3NS.C2H2N2O.2C2H2N2S.18C2H6/c2*1-2-4-8-7(3-1)5-6-9-8;1-2-4-7-6(3-1)8-5-9-7;1-2-4-6-5-3-1;1-2-6-4-3-5-1;1-2-5-4-6-3-1;1-2-4-6-5-3-1;3*1-2-4-5-3-1;1-2-5-3-4-1;1-2-4-5-3-1;1-2-5-3-4-1;1-2-4-5-3-1;1-2-5-3-4-1;2*1-3-2-5-4-1;1-2-5-4-3-1;18*1-2/h1-6,9H;1-6H;1-5H;1-5H;3*1-4H;1-5H;2*1-4H;2*1-3H,(H,4,5);3*1-3H;3*1-2H;18*1-2H3. The number of rotatable bonds is 0. The fourth-order valence-corrected chi connectivity index (χ4v) is 8.69. The van der Waals surface area contributed by atoms with Crippen LogP contribution in [0.25, 0.3) is 31.2 Å². The van der Waals surface area contributed by atoms with E-state index in [9.17, 15) is 0 Å². The van der Waals surface area contributed by atoms with E-state index in [4.69, 9.17) is 0 Å². The molecule has 18 heterocycles. The Bertz CT molecular complexity index is 3590. The van der Waals surface area contributed by atoms with E-state index < -0.39 is 0 Å². The van der Waals surface area contributed by atoms with E-state index in [1.165, 1.54) is 93.0 Å². The Balaban J connectivity index is -0.0000000911. The van der Waals surface area contributed by atoms with Gasteiger partial charge in [-0.1, -0.05) is 331 Å². The minimum Gasteiger partial charge on any atom is -0.473 e. The first-order chi connectivity index (χ1) is 70.9. The summed E-state index contributed by atoms with van der Waals surface area (Å²) in [7, 11) is 0. The van der Waals surface area contributed by atoms with Crippen LogP contribution in [0.5, 0.6) is 0 Å². The molecule has 0 saturated heterocycles. The van der Waals surface area contributed by atoms with Gasteiger partial charge in [0.1, 0.15) is 30.7 Å². The second kappa shape index (κ2) is 187. The SMILES string of the molecule is CC.CC.CC.CC.CC.CC.CC.CC.CC.CC.CC.CC.CC.CC.CC.CC.CC.CC.c1c[nH]cn1.c1cc[nH]c1.c1ccc2[nH]ccc2c1.c1ccc2sccc2c1.c1ccc2scnc2c1.c1ccncc1.c1ccnnc1.c1ccoc1.c1ccsc1.c1cn[nH]c1.c1cnccn1.c1cncnc1.c1cnoc1.c1cocn1.c1cscn1.c1csnn1.c1ncon1.c1ncsn1. The Hall–Kier alpha value is -13.6. The zero-order valence-corrected chi connectivity index (χ0v) is 97.2. The Kier molecular flexibility index (Phi) is 213. The summed E-state index contributed by atoms with van der Waals surface area (Å²) < 4.78 is 27.4. The van der Waals surface area contributed by atoms with Crippen LogP contribution in [-0.4, -0.2) is 114 Å². The van der Waals surface area contributed by atoms with Crippen LogP contribution in [0.1, 0.15) is 249 Å². The summed E-state index contributed by atoms with van der Waals surface area (Å²) in [6, 6.07) is 55.2. The maximum Gasteiger partial charge on any atom is 0.213 e. The summed E-state index contributed by atoms with van der Waals surface area (Å²) in [5.74, 6) is 0. The van der Waals surface area contributed by atoms with Crippen molar-refractivity contribution in [1.29, 1.82) is 0 Å². The maximum atomic E-state index is 4.58. The quantitative estimate of drug-likeness (QED) is 0.110. The lowest BCUT2D eigenvalue weighted by Crippen LogP contribution is -1.69. The van der Waals surface area contributed by atoms with Gasteiger partial charge in [-0.05, 0) is 153 Å². The van der Waals surface area contributed by atoms with E-state index in [0.29, 0.717) is 0 Å². The summed E-state index contributed by atoms with van der Waals surface area (Å²) >= 11 is 9.48. The molecule has 0 bridgehead atoms. The third-order valence-electron chi connectivity index (χ3n) is 10.1. The topological polar surface area (TPSA) is 361 Å². The summed E-state index contributed by atoms with van der Waals surface area (Å²) in [5.41, 5.74) is 7.64. The predicted octanol–water partition coefficient (Wildman–Crippen LogP) is 36.8. The molecule has 0 amide bonds. The van der Waals surface area contributed by atoms with E-state index in [1.54, 1.807) is 199 Å². The summed E-state index contributed by atoms with van der Waals surface area (Å²) in [6.45, 7) is 72.0. The zero-order chi connectivity index (χ0) is 110. The molecular formula is C109H179N23O4S6. The minimum atomic E-state index is 1.10. The summed E-state index contributed by atoms with van der Waals surface area (Å²) in [6.07, 6.45) is 50.8. The van der Waals surface area contributed by atoms with Gasteiger partial charge in [0.25, 0.3) is 0 Å². The highest BCUT2D eigenvalue weighted by molar-refractivity contribution is 7.17. The molecule has 21 aromatic rings. The van der Waals surface area contributed by atoms with Crippen molar-refractivity contribution in [2.75, 3.05) is 0 Å². The molecule has 0 aliphatic heterocycles. The van der Waals surface area contributed by atoms with Gasteiger partial charge in [-0.3, -0.25) is 25.0 Å². The van der Waals surface area contributed by atoms with E-state index >= 15 is 0 Å². The van der Waals surface area contributed by atoms with Crippen molar-refractivity contribution >= 4 is 99.6 Å². The Morgan fingerprint density at radius 1 is 0.261 bits per heavy atom. The van der Waals surface area contributed by atoms with Crippen molar-refractivity contribution in [2.45, 2.75) is 249 Å². The lowest BCUT2D eigenvalue weighted by atomic mass is 10.3. The molecule has 27 nitrogen and oxygen atoms in total. The number of oxazole rings is 1. The largest absolute Gasteiger partial charge is 0.473 e. The monoisotopic (exact) mass is 2070 g/mol. The van der Waals surface area contributed by atoms with Crippen LogP contribution < -0.4 is 0 Å². The van der Waals surface area contributed by atoms with Gasteiger partial charge in [-0.15, -0.1) is 39.1 Å². The molecule has 21 rings (SSSR count). The number of thiophene rings is 2. The van der Waals surface area contributed by atoms with E-state index in [-0.39, 0.29) is 0 Å². The van der Waals surface area contributed by atoms with E-state index in [2.05, 4.69) is 192 Å². The Morgan fingerprint density at radius 2 is 0.817 bits per heavy atom. The van der Waals surface area contributed by atoms with Crippen LogP contribution >= 0.6 is 68.4 Å². The van der Waals surface area contributed by atoms with Crippen LogP contribution in [0.15, 0.2) is 424 Å². The molecule has 18 aromatic heterocycles. The highest BCUT2D eigenvalue weighted by Gasteiger charge is 1.91. The van der Waals surface area contributed by atoms with Crippen molar-refractivity contribution in [3.8, 4) is 0 Å². The molecule has 33 heteroatoms. The molecule has 790 valence electrons. The lowest BCUT2D eigenvalue weighted by molar-refractivity contribution is 0.416. The minimum absolute atomic E-state index is 1.10. The number of fused-ring (bicyclic) bond motifs is 3. The Labute approximate surface area is 881 Å². The third-order valence-corrected chi connectivity index (χ3v) is 13.8. The Morgan fingerprint density at radius 3 is 1.08 bits per heavy atom. The number of H-pyrrole nitrogens is 4. The molecule has 0 atom stereocenters. The number of hydrogen-bond donors (Lipinski definition) is 4. The molecular weight excluding hydrogens is 1890 g/mol. The maximum absolute atomic E-state index is 4.58. The number of para-hydroxylation sites is 2. The van der Waals surface area contributed by atoms with Crippen molar-refractivity contribution in [3.63, 3.8) is 0 Å². The fraction of sp³-hybridized carbons (Fsp3) is 0.330. The van der Waals surface area contributed by atoms with Crippen molar-refractivity contribution in [3.05, 3.63) is 407 Å². The third kappa shape index (κ3) is 147. The average molecular weight is 2070 g/mol. The van der Waals surface area contributed by atoms with Crippen molar-refractivity contribution < 1.29 is 17.9 Å². The van der Waals surface area contributed by atoms with Crippen molar-refractivity contribution in [1.82, 2.24) is 114 Å². The first-order valence-electron chi connectivity index (χ1n) is 48.6. The first-order valence-corrected chi connectivity index (χ1v) is 53.9. The molecule has 4 N–H and O–H groups in total. The molecule has 142 heavy (non-hydrogen) atoms. The van der Waals surface area contributed by atoms with Crippen LogP contribution in [-0.2, 0) is 0 Å². The molecule has 0 aliphatic rings. The highest BCUT2D eigenvalue weighted by Crippen LogP contribution is 2.19. The second-order valence-electron chi connectivity index (χ2n) is 17.4. The number of hydrogen-bond acceptors (Lipinski definition) is 29. The number of aromatic nitrogens is 23. The van der Waals surface area contributed by atoms with Gasteiger partial charge >= 0.3 is 0 Å². The number of furan rings is 1. The lowest BCUT2D eigenvalue weighted by Gasteiger charge is -1.83. The molecule has 0 fully saturated rings. The number of pyridine rings is 1. The first kappa shape index (κ1) is 162. The number of thiazole rings is 2. The van der Waals surface area contributed by atoms with Crippen molar-refractivity contribution in [2.24, 2.45) is 0 Å². The van der Waals surface area contributed by atoms with Crippen LogP contribution in [0.3, 0.4) is 0 Å². The van der Waals surface area contributed by atoms with E-state index in [0.717, 1.165) is 5.52 Å². The highest BCUT2D eigenvalue weighted by atomic mass is 32.1. The molecule has 0 aliphatic carbocycles. The average Bonchev–Trinajstić information content (AvgIpc) is 1.76. The van der Waals surface area contributed by atoms with Crippen LogP contribution in [0, 0.1) is 0 Å². The number of nitrogens with one attached hydrogen (secondary N) is 4. The van der Waals surface area contributed by atoms with E-state index in [1.807, 2.05) is 398 Å². The van der Waals surface area contributed by atoms with Gasteiger partial charge in [-0.25, -0.2) is 34.9 Å². The van der Waals surface area contributed by atoms with Gasteiger partial charge in [0, 0.05) is 133 Å². The fourth-order valence-electron chi connectivity index (χ4n) is 5.87. The molecule has 0 unspecified atom stereocenters. The summed E-state index contributed by atoms with van der Waals surface area (Å²) in [5, 5.41) is 35.9.